The summed E-state index contributed by atoms with van der Waals surface area (Å²) in [5, 5.41) is 9.78. The predicted molar refractivity (Wildman–Crippen MR) is 75.5 cm³/mol. The van der Waals surface area contributed by atoms with E-state index in [0.29, 0.717) is 24.8 Å². The third-order valence-electron chi connectivity index (χ3n) is 4.60. The minimum Gasteiger partial charge on any atom is -0.393 e. The molecule has 3 unspecified atom stereocenters. The molecule has 4 nitrogen and oxygen atoms in total. The largest absolute Gasteiger partial charge is 0.393 e. The fourth-order valence-corrected chi connectivity index (χ4v) is 3.84. The molecule has 2 bridgehead atoms. The molecule has 0 aliphatic carbocycles. The molecule has 1 amide bonds. The molecule has 0 spiro atoms. The Labute approximate surface area is 116 Å². The lowest BCUT2D eigenvalue weighted by Crippen LogP contribution is -2.48. The van der Waals surface area contributed by atoms with Crippen LogP contribution < -0.4 is 5.73 Å². The lowest BCUT2D eigenvalue weighted by Gasteiger charge is -2.38. The van der Waals surface area contributed by atoms with Crippen molar-refractivity contribution in [3.8, 4) is 0 Å². The summed E-state index contributed by atoms with van der Waals surface area (Å²) in [6.07, 6.45) is 5.05. The highest BCUT2D eigenvalue weighted by atomic mass is 16.3. The molecule has 2 aliphatic heterocycles. The number of rotatable bonds is 5. The minimum atomic E-state index is -0.206. The number of amides is 1. The van der Waals surface area contributed by atoms with Crippen molar-refractivity contribution >= 4 is 5.91 Å². The van der Waals surface area contributed by atoms with Crippen LogP contribution in [0.1, 0.15) is 52.4 Å². The van der Waals surface area contributed by atoms with E-state index < -0.39 is 0 Å². The van der Waals surface area contributed by atoms with E-state index in [9.17, 15) is 9.90 Å². The third-order valence-corrected chi connectivity index (χ3v) is 4.60. The smallest absolute Gasteiger partial charge is 0.223 e. The van der Waals surface area contributed by atoms with Gasteiger partial charge in [0.2, 0.25) is 5.91 Å². The summed E-state index contributed by atoms with van der Waals surface area (Å²) < 4.78 is 0. The molecule has 0 saturated carbocycles. The molecule has 2 heterocycles. The normalized spacial score (nSPS) is 31.8. The second kappa shape index (κ2) is 6.23. The van der Waals surface area contributed by atoms with Gasteiger partial charge in [-0.15, -0.1) is 0 Å². The van der Waals surface area contributed by atoms with Gasteiger partial charge in [-0.2, -0.15) is 0 Å². The molecule has 2 saturated heterocycles. The number of nitrogens with zero attached hydrogens (tertiary/aromatic N) is 1. The fourth-order valence-electron chi connectivity index (χ4n) is 3.84. The Hall–Kier alpha value is -0.610. The number of aliphatic hydroxyl groups is 1. The summed E-state index contributed by atoms with van der Waals surface area (Å²) in [5.74, 6) is 1.15. The molecule has 2 aliphatic rings. The Kier molecular flexibility index (Phi) is 4.85. The summed E-state index contributed by atoms with van der Waals surface area (Å²) in [4.78, 5) is 14.6. The van der Waals surface area contributed by atoms with Crippen LogP contribution >= 0.6 is 0 Å². The maximum Gasteiger partial charge on any atom is 0.223 e. The summed E-state index contributed by atoms with van der Waals surface area (Å²) in [6, 6.07) is 0.553. The Bertz CT molecular complexity index is 305. The van der Waals surface area contributed by atoms with Gasteiger partial charge in [-0.1, -0.05) is 13.8 Å². The topological polar surface area (TPSA) is 66.6 Å². The van der Waals surface area contributed by atoms with E-state index in [-0.39, 0.29) is 24.1 Å². The van der Waals surface area contributed by atoms with E-state index in [1.165, 1.54) is 0 Å². The molecule has 2 rings (SSSR count). The van der Waals surface area contributed by atoms with Gasteiger partial charge >= 0.3 is 0 Å². The van der Waals surface area contributed by atoms with Crippen molar-refractivity contribution in [1.29, 1.82) is 0 Å². The van der Waals surface area contributed by atoms with Gasteiger partial charge < -0.3 is 15.7 Å². The van der Waals surface area contributed by atoms with E-state index in [4.69, 9.17) is 5.73 Å². The second-order valence-electron chi connectivity index (χ2n) is 6.75. The maximum absolute atomic E-state index is 12.5. The maximum atomic E-state index is 12.5. The number of carbonyl (C=O) groups is 1. The number of nitrogens with two attached hydrogens (primary N) is 1. The molecule has 2 fully saturated rings. The molecule has 4 heteroatoms. The van der Waals surface area contributed by atoms with Crippen molar-refractivity contribution in [1.82, 2.24) is 4.90 Å². The highest BCUT2D eigenvalue weighted by molar-refractivity contribution is 5.77. The lowest BCUT2D eigenvalue weighted by molar-refractivity contribution is -0.138. The van der Waals surface area contributed by atoms with Crippen LogP contribution in [0.25, 0.3) is 0 Å². The summed E-state index contributed by atoms with van der Waals surface area (Å²) >= 11 is 0. The minimum absolute atomic E-state index is 0.206. The first-order chi connectivity index (χ1) is 9.01. The van der Waals surface area contributed by atoms with Crippen molar-refractivity contribution in [3.05, 3.63) is 0 Å². The molecule has 3 N–H and O–H groups in total. The van der Waals surface area contributed by atoms with Crippen LogP contribution in [0.5, 0.6) is 0 Å². The average molecular weight is 268 g/mol. The van der Waals surface area contributed by atoms with Gasteiger partial charge in [0.05, 0.1) is 6.10 Å². The van der Waals surface area contributed by atoms with Gasteiger partial charge in [0.25, 0.3) is 0 Å². The summed E-state index contributed by atoms with van der Waals surface area (Å²) in [6.45, 7) is 4.94. The number of aliphatic hydroxyl groups excluding tert-OH is 1. The van der Waals surface area contributed by atoms with E-state index in [2.05, 4.69) is 18.7 Å². The summed E-state index contributed by atoms with van der Waals surface area (Å²) in [5.41, 5.74) is 5.80. The number of carbonyl (C=O) groups excluding carboxylic acids is 1. The van der Waals surface area contributed by atoms with Gasteiger partial charge in [-0.05, 0) is 50.5 Å². The Morgan fingerprint density at radius 2 is 1.89 bits per heavy atom. The Balaban J connectivity index is 1.93. The standard InChI is InChI=1S/C15H28N2O2/c1-10(2)5-11(9-16)6-15(19)17-12-3-4-13(17)8-14(18)7-12/h10-14,18H,3-9,16H2,1-2H3. The number of hydrogen-bond acceptors (Lipinski definition) is 3. The predicted octanol–water partition coefficient (Wildman–Crippen LogP) is 1.51. The van der Waals surface area contributed by atoms with E-state index in [0.717, 1.165) is 32.1 Å². The Morgan fingerprint density at radius 3 is 2.37 bits per heavy atom. The average Bonchev–Trinajstić information content (AvgIpc) is 2.60. The number of fused-ring (bicyclic) bond motifs is 2. The highest BCUT2D eigenvalue weighted by Gasteiger charge is 2.42. The van der Waals surface area contributed by atoms with E-state index >= 15 is 0 Å². The van der Waals surface area contributed by atoms with Gasteiger partial charge in [0.1, 0.15) is 0 Å². The fraction of sp³-hybridized carbons (Fsp3) is 0.933. The first kappa shape index (κ1) is 14.8. The van der Waals surface area contributed by atoms with Gasteiger partial charge in [0.15, 0.2) is 0 Å². The monoisotopic (exact) mass is 268 g/mol. The van der Waals surface area contributed by atoms with E-state index in [1.54, 1.807) is 0 Å². The molecule has 0 aromatic heterocycles. The van der Waals surface area contributed by atoms with Crippen LogP contribution in [-0.2, 0) is 4.79 Å². The van der Waals surface area contributed by atoms with Crippen molar-refractivity contribution in [2.45, 2.75) is 70.6 Å². The first-order valence-electron chi connectivity index (χ1n) is 7.70. The molecule has 3 atom stereocenters. The molecule has 0 aromatic carbocycles. The van der Waals surface area contributed by atoms with Crippen molar-refractivity contribution in [3.63, 3.8) is 0 Å². The number of piperidine rings is 1. The lowest BCUT2D eigenvalue weighted by atomic mass is 9.92. The van der Waals surface area contributed by atoms with Crippen LogP contribution in [0.4, 0.5) is 0 Å². The zero-order valence-electron chi connectivity index (χ0n) is 12.2. The second-order valence-corrected chi connectivity index (χ2v) is 6.75. The van der Waals surface area contributed by atoms with Crippen LogP contribution in [-0.4, -0.2) is 40.6 Å². The third kappa shape index (κ3) is 3.48. The highest BCUT2D eigenvalue weighted by Crippen LogP contribution is 2.36. The zero-order chi connectivity index (χ0) is 14.0. The van der Waals surface area contributed by atoms with Crippen molar-refractivity contribution in [2.24, 2.45) is 17.6 Å². The van der Waals surface area contributed by atoms with E-state index in [1.807, 2.05) is 0 Å². The van der Waals surface area contributed by atoms with Crippen molar-refractivity contribution < 1.29 is 9.90 Å². The quantitative estimate of drug-likeness (QED) is 0.794. The molecule has 110 valence electrons. The van der Waals surface area contributed by atoms with Crippen LogP contribution in [0.3, 0.4) is 0 Å². The molecular formula is C15H28N2O2. The van der Waals surface area contributed by atoms with Gasteiger partial charge in [-0.3, -0.25) is 4.79 Å². The van der Waals surface area contributed by atoms with Crippen LogP contribution in [0.15, 0.2) is 0 Å². The van der Waals surface area contributed by atoms with Crippen LogP contribution in [0, 0.1) is 11.8 Å². The van der Waals surface area contributed by atoms with Crippen molar-refractivity contribution in [2.75, 3.05) is 6.54 Å². The molecule has 19 heavy (non-hydrogen) atoms. The van der Waals surface area contributed by atoms with Crippen LogP contribution in [0.2, 0.25) is 0 Å². The molecular weight excluding hydrogens is 240 g/mol. The molecule has 0 radical (unpaired) electrons. The van der Waals surface area contributed by atoms with Gasteiger partial charge in [-0.25, -0.2) is 0 Å². The summed E-state index contributed by atoms with van der Waals surface area (Å²) in [7, 11) is 0. The van der Waals surface area contributed by atoms with Gasteiger partial charge in [0, 0.05) is 18.5 Å². The zero-order valence-corrected chi connectivity index (χ0v) is 12.2. The SMILES string of the molecule is CC(C)CC(CN)CC(=O)N1C2CCC1CC(O)C2. The first-order valence-corrected chi connectivity index (χ1v) is 7.70. The number of hydrogen-bond donors (Lipinski definition) is 2. The molecule has 0 aromatic rings. The Morgan fingerprint density at radius 1 is 1.32 bits per heavy atom.